The number of rotatable bonds is 7. The highest BCUT2D eigenvalue weighted by molar-refractivity contribution is 5.76. The van der Waals surface area contributed by atoms with E-state index in [2.05, 4.69) is 10.4 Å². The van der Waals surface area contributed by atoms with E-state index in [1.165, 1.54) is 0 Å². The maximum atomic E-state index is 11.6. The van der Waals surface area contributed by atoms with Gasteiger partial charge < -0.3 is 15.8 Å². The van der Waals surface area contributed by atoms with Crippen molar-refractivity contribution in [1.29, 1.82) is 0 Å². The van der Waals surface area contributed by atoms with Gasteiger partial charge in [-0.15, -0.1) is 0 Å². The first kappa shape index (κ1) is 13.7. The fraction of sp³-hybridized carbons (Fsp3) is 0.636. The Kier molecular flexibility index (Phi) is 5.65. The predicted molar refractivity (Wildman–Crippen MR) is 64.1 cm³/mol. The molecule has 0 radical (unpaired) electrons. The molecule has 6 heteroatoms. The van der Waals surface area contributed by atoms with Crippen molar-refractivity contribution in [2.45, 2.75) is 26.0 Å². The van der Waals surface area contributed by atoms with Crippen molar-refractivity contribution >= 4 is 5.91 Å². The minimum absolute atomic E-state index is 0.0576. The van der Waals surface area contributed by atoms with Crippen LogP contribution in [0.25, 0.3) is 0 Å². The zero-order valence-electron chi connectivity index (χ0n) is 10.3. The number of aryl methyl sites for hydroxylation is 1. The molecule has 0 saturated heterocycles. The monoisotopic (exact) mass is 240 g/mol. The molecule has 1 heterocycles. The van der Waals surface area contributed by atoms with Gasteiger partial charge in [0.25, 0.3) is 0 Å². The van der Waals surface area contributed by atoms with E-state index in [1.54, 1.807) is 10.9 Å². The average Bonchev–Trinajstić information content (AvgIpc) is 2.72. The van der Waals surface area contributed by atoms with Gasteiger partial charge in [0.15, 0.2) is 0 Å². The Morgan fingerprint density at radius 1 is 1.71 bits per heavy atom. The van der Waals surface area contributed by atoms with Crippen molar-refractivity contribution in [3.05, 3.63) is 18.0 Å². The zero-order chi connectivity index (χ0) is 12.7. The van der Waals surface area contributed by atoms with Crippen molar-refractivity contribution < 1.29 is 9.53 Å². The van der Waals surface area contributed by atoms with E-state index in [-0.39, 0.29) is 12.0 Å². The first-order valence-electron chi connectivity index (χ1n) is 5.71. The fourth-order valence-corrected chi connectivity index (χ4v) is 1.49. The van der Waals surface area contributed by atoms with Gasteiger partial charge in [-0.05, 0) is 6.92 Å². The van der Waals surface area contributed by atoms with Crippen LogP contribution in [0.3, 0.4) is 0 Å². The van der Waals surface area contributed by atoms with Crippen molar-refractivity contribution in [2.24, 2.45) is 12.8 Å². The number of ether oxygens (including phenoxy) is 1. The first-order valence-corrected chi connectivity index (χ1v) is 5.71. The molecule has 1 rings (SSSR count). The summed E-state index contributed by atoms with van der Waals surface area (Å²) in [6.45, 7) is 3.29. The van der Waals surface area contributed by atoms with Gasteiger partial charge in [-0.25, -0.2) is 0 Å². The molecular formula is C11H20N4O2. The normalized spacial score (nSPS) is 12.4. The molecule has 1 unspecified atom stereocenters. The van der Waals surface area contributed by atoms with E-state index in [0.717, 1.165) is 5.56 Å². The number of carbonyl (C=O) groups is 1. The van der Waals surface area contributed by atoms with Crippen molar-refractivity contribution in [3.8, 4) is 0 Å². The highest BCUT2D eigenvalue weighted by atomic mass is 16.5. The lowest BCUT2D eigenvalue weighted by Crippen LogP contribution is -2.32. The summed E-state index contributed by atoms with van der Waals surface area (Å²) in [6, 6.07) is 0. The molecular weight excluding hydrogens is 220 g/mol. The molecule has 0 aliphatic heterocycles. The lowest BCUT2D eigenvalue weighted by molar-refractivity contribution is -0.123. The molecule has 0 aliphatic rings. The number of carbonyl (C=O) groups excluding carboxylic acids is 1. The number of hydrogen-bond donors (Lipinski definition) is 2. The maximum absolute atomic E-state index is 11.6. The molecule has 96 valence electrons. The molecule has 0 saturated carbocycles. The van der Waals surface area contributed by atoms with Crippen LogP contribution in [0.1, 0.15) is 18.9 Å². The molecule has 0 aliphatic carbocycles. The van der Waals surface area contributed by atoms with E-state index in [1.807, 2.05) is 20.2 Å². The molecule has 3 N–H and O–H groups in total. The lowest BCUT2D eigenvalue weighted by Gasteiger charge is -2.14. The Bertz CT molecular complexity index is 351. The zero-order valence-corrected chi connectivity index (χ0v) is 10.3. The molecule has 0 spiro atoms. The van der Waals surface area contributed by atoms with E-state index in [9.17, 15) is 4.79 Å². The van der Waals surface area contributed by atoms with Crippen LogP contribution in [0.2, 0.25) is 0 Å². The van der Waals surface area contributed by atoms with Crippen LogP contribution in [-0.4, -0.2) is 34.9 Å². The van der Waals surface area contributed by atoms with E-state index in [0.29, 0.717) is 26.1 Å². The first-order chi connectivity index (χ1) is 8.15. The van der Waals surface area contributed by atoms with Gasteiger partial charge in [0.05, 0.1) is 18.7 Å². The predicted octanol–water partition coefficient (Wildman–Crippen LogP) is -0.210. The molecule has 1 aromatic rings. The lowest BCUT2D eigenvalue weighted by atomic mass is 10.2. The van der Waals surface area contributed by atoms with E-state index >= 15 is 0 Å². The van der Waals surface area contributed by atoms with Gasteiger partial charge in [0.2, 0.25) is 5.91 Å². The molecule has 1 atom stereocenters. The number of nitrogens with two attached hydrogens (primary N) is 1. The SMILES string of the molecule is CCOC(CN)CC(=O)NCc1cnn(C)c1. The van der Waals surface area contributed by atoms with Crippen LogP contribution in [0.4, 0.5) is 0 Å². The third-order valence-corrected chi connectivity index (χ3v) is 2.33. The highest BCUT2D eigenvalue weighted by Crippen LogP contribution is 1.99. The molecule has 0 bridgehead atoms. The number of nitrogens with zero attached hydrogens (tertiary/aromatic N) is 2. The van der Waals surface area contributed by atoms with Gasteiger partial charge in [0, 0.05) is 38.5 Å². The smallest absolute Gasteiger partial charge is 0.222 e. The number of nitrogens with one attached hydrogen (secondary N) is 1. The quantitative estimate of drug-likeness (QED) is 0.691. The Balaban J connectivity index is 2.29. The summed E-state index contributed by atoms with van der Waals surface area (Å²) in [5.41, 5.74) is 6.47. The van der Waals surface area contributed by atoms with Gasteiger partial charge in [-0.2, -0.15) is 5.10 Å². The summed E-state index contributed by atoms with van der Waals surface area (Å²) in [4.78, 5) is 11.6. The highest BCUT2D eigenvalue weighted by Gasteiger charge is 2.12. The van der Waals surface area contributed by atoms with Gasteiger partial charge in [-0.3, -0.25) is 9.48 Å². The molecule has 1 aromatic heterocycles. The number of hydrogen-bond acceptors (Lipinski definition) is 4. The fourth-order valence-electron chi connectivity index (χ4n) is 1.49. The van der Waals surface area contributed by atoms with Crippen molar-refractivity contribution in [1.82, 2.24) is 15.1 Å². The van der Waals surface area contributed by atoms with E-state index < -0.39 is 0 Å². The Morgan fingerprint density at radius 3 is 3.00 bits per heavy atom. The Hall–Kier alpha value is -1.40. The standard InChI is InChI=1S/C11H20N4O2/c1-3-17-10(5-12)4-11(16)13-6-9-7-14-15(2)8-9/h7-8,10H,3-6,12H2,1-2H3,(H,13,16). The van der Waals surface area contributed by atoms with Crippen LogP contribution in [0.5, 0.6) is 0 Å². The summed E-state index contributed by atoms with van der Waals surface area (Å²) < 4.78 is 7.01. The van der Waals surface area contributed by atoms with Gasteiger partial charge >= 0.3 is 0 Å². The maximum Gasteiger partial charge on any atom is 0.222 e. The van der Waals surface area contributed by atoms with Crippen molar-refractivity contribution in [2.75, 3.05) is 13.2 Å². The average molecular weight is 240 g/mol. The van der Waals surface area contributed by atoms with Crippen LogP contribution in [0.15, 0.2) is 12.4 Å². The molecule has 0 aromatic carbocycles. The summed E-state index contributed by atoms with van der Waals surface area (Å²) in [5.74, 6) is -0.0576. The molecule has 6 nitrogen and oxygen atoms in total. The number of aromatic nitrogens is 2. The van der Waals surface area contributed by atoms with Crippen molar-refractivity contribution in [3.63, 3.8) is 0 Å². The second kappa shape index (κ2) is 7.03. The molecule has 0 fully saturated rings. The minimum atomic E-state index is -0.200. The summed E-state index contributed by atoms with van der Waals surface area (Å²) >= 11 is 0. The summed E-state index contributed by atoms with van der Waals surface area (Å²) in [5, 5.41) is 6.83. The van der Waals surface area contributed by atoms with E-state index in [4.69, 9.17) is 10.5 Å². The second-order valence-electron chi connectivity index (χ2n) is 3.82. The third-order valence-electron chi connectivity index (χ3n) is 2.33. The van der Waals surface area contributed by atoms with Gasteiger partial charge in [0.1, 0.15) is 0 Å². The van der Waals surface area contributed by atoms with Crippen LogP contribution in [0, 0.1) is 0 Å². The van der Waals surface area contributed by atoms with Gasteiger partial charge in [-0.1, -0.05) is 0 Å². The Labute approximate surface area is 101 Å². The summed E-state index contributed by atoms with van der Waals surface area (Å²) in [6.07, 6.45) is 3.69. The van der Waals surface area contributed by atoms with Crippen LogP contribution >= 0.6 is 0 Å². The van der Waals surface area contributed by atoms with Crippen LogP contribution < -0.4 is 11.1 Å². The summed E-state index contributed by atoms with van der Waals surface area (Å²) in [7, 11) is 1.84. The largest absolute Gasteiger partial charge is 0.377 e. The third kappa shape index (κ3) is 4.97. The van der Waals surface area contributed by atoms with Crippen LogP contribution in [-0.2, 0) is 23.1 Å². The number of amides is 1. The topological polar surface area (TPSA) is 82.2 Å². The minimum Gasteiger partial charge on any atom is -0.377 e. The molecule has 17 heavy (non-hydrogen) atoms. The Morgan fingerprint density at radius 2 is 2.47 bits per heavy atom. The second-order valence-corrected chi connectivity index (χ2v) is 3.82. The molecule has 1 amide bonds.